The highest BCUT2D eigenvalue weighted by molar-refractivity contribution is 9.08. The summed E-state index contributed by atoms with van der Waals surface area (Å²) in [6, 6.07) is 14.0. The fourth-order valence-corrected chi connectivity index (χ4v) is 2.43. The third-order valence-electron chi connectivity index (χ3n) is 3.03. The van der Waals surface area contributed by atoms with Crippen molar-refractivity contribution in [3.05, 3.63) is 59.2 Å². The quantitative estimate of drug-likeness (QED) is 0.621. The van der Waals surface area contributed by atoms with Gasteiger partial charge in [-0.1, -0.05) is 51.8 Å². The van der Waals surface area contributed by atoms with Crippen LogP contribution in [0.25, 0.3) is 11.1 Å². The van der Waals surface area contributed by atoms with Crippen LogP contribution in [0.3, 0.4) is 0 Å². The molecule has 0 fully saturated rings. The number of hydrogen-bond donors (Lipinski definition) is 0. The van der Waals surface area contributed by atoms with Gasteiger partial charge in [-0.25, -0.2) is 4.79 Å². The average Bonchev–Trinajstić information content (AvgIpc) is 2.46. The molecule has 2 aromatic carbocycles. The Morgan fingerprint density at radius 3 is 2.42 bits per heavy atom. The lowest BCUT2D eigenvalue weighted by Gasteiger charge is -2.10. The summed E-state index contributed by atoms with van der Waals surface area (Å²) in [4.78, 5) is 11.5. The first-order valence-corrected chi connectivity index (χ1v) is 7.12. The molecule has 0 spiro atoms. The van der Waals surface area contributed by atoms with Crippen molar-refractivity contribution in [2.45, 2.75) is 12.3 Å². The summed E-state index contributed by atoms with van der Waals surface area (Å²) >= 11 is 3.47. The van der Waals surface area contributed by atoms with E-state index in [1.165, 1.54) is 12.7 Å². The number of halogens is 1. The van der Waals surface area contributed by atoms with Crippen LogP contribution in [0, 0.1) is 6.92 Å². The van der Waals surface area contributed by atoms with Crippen molar-refractivity contribution in [2.75, 3.05) is 7.11 Å². The zero-order valence-corrected chi connectivity index (χ0v) is 12.5. The predicted octanol–water partition coefficient (Wildman–Crippen LogP) is 4.34. The molecule has 0 heterocycles. The van der Waals surface area contributed by atoms with Gasteiger partial charge in [-0.15, -0.1) is 0 Å². The monoisotopic (exact) mass is 318 g/mol. The van der Waals surface area contributed by atoms with Gasteiger partial charge in [-0.2, -0.15) is 0 Å². The van der Waals surface area contributed by atoms with E-state index in [0.717, 1.165) is 16.7 Å². The van der Waals surface area contributed by atoms with Crippen LogP contribution in [0.2, 0.25) is 0 Å². The number of aryl methyl sites for hydroxylation is 1. The number of methoxy groups -OCH3 is 1. The molecule has 2 rings (SSSR count). The standard InChI is InChI=1S/C16H15BrO2/c1-11-3-5-12(6-4-11)15-8-7-13(16(18)19-2)9-14(15)10-17/h3-9H,10H2,1-2H3. The molecule has 98 valence electrons. The molecule has 0 bridgehead atoms. The molecule has 3 heteroatoms. The van der Waals surface area contributed by atoms with E-state index >= 15 is 0 Å². The minimum atomic E-state index is -0.308. The number of hydrogen-bond acceptors (Lipinski definition) is 2. The first-order chi connectivity index (χ1) is 9.15. The predicted molar refractivity (Wildman–Crippen MR) is 80.6 cm³/mol. The van der Waals surface area contributed by atoms with Crippen LogP contribution >= 0.6 is 15.9 Å². The second kappa shape index (κ2) is 6.02. The Bertz CT molecular complexity index is 588. The molecule has 2 nitrogen and oxygen atoms in total. The maximum Gasteiger partial charge on any atom is 0.337 e. The SMILES string of the molecule is COC(=O)c1ccc(-c2ccc(C)cc2)c(CBr)c1. The largest absolute Gasteiger partial charge is 0.465 e. The minimum absolute atomic E-state index is 0.308. The van der Waals surface area contributed by atoms with E-state index in [1.54, 1.807) is 6.07 Å². The van der Waals surface area contributed by atoms with Crippen LogP contribution in [0.1, 0.15) is 21.5 Å². The molecule has 0 aliphatic heterocycles. The van der Waals surface area contributed by atoms with Crippen molar-refractivity contribution >= 4 is 21.9 Å². The topological polar surface area (TPSA) is 26.3 Å². The van der Waals surface area contributed by atoms with Crippen LogP contribution in [0.4, 0.5) is 0 Å². The smallest absolute Gasteiger partial charge is 0.337 e. The molecular formula is C16H15BrO2. The molecule has 2 aromatic rings. The third-order valence-corrected chi connectivity index (χ3v) is 3.64. The summed E-state index contributed by atoms with van der Waals surface area (Å²) in [7, 11) is 1.39. The van der Waals surface area contributed by atoms with Crippen molar-refractivity contribution in [3.63, 3.8) is 0 Å². The van der Waals surface area contributed by atoms with Crippen LogP contribution in [-0.4, -0.2) is 13.1 Å². The zero-order chi connectivity index (χ0) is 13.8. The summed E-state index contributed by atoms with van der Waals surface area (Å²) in [5.41, 5.74) is 5.16. The minimum Gasteiger partial charge on any atom is -0.465 e. The van der Waals surface area contributed by atoms with Crippen LogP contribution in [0.5, 0.6) is 0 Å². The van der Waals surface area contributed by atoms with Crippen molar-refractivity contribution in [1.29, 1.82) is 0 Å². The molecular weight excluding hydrogens is 304 g/mol. The maximum atomic E-state index is 11.5. The Kier molecular flexibility index (Phi) is 4.38. The van der Waals surface area contributed by atoms with Gasteiger partial charge < -0.3 is 4.74 Å². The van der Waals surface area contributed by atoms with E-state index in [2.05, 4.69) is 47.1 Å². The van der Waals surface area contributed by atoms with Crippen molar-refractivity contribution in [1.82, 2.24) is 0 Å². The Balaban J connectivity index is 2.46. The molecule has 0 aromatic heterocycles. The Morgan fingerprint density at radius 1 is 1.16 bits per heavy atom. The van der Waals surface area contributed by atoms with Gasteiger partial charge in [0.05, 0.1) is 12.7 Å². The van der Waals surface area contributed by atoms with Crippen molar-refractivity contribution < 1.29 is 9.53 Å². The summed E-state index contributed by atoms with van der Waals surface area (Å²) in [6.45, 7) is 2.07. The molecule has 0 amide bonds. The van der Waals surface area contributed by atoms with Gasteiger partial charge in [-0.05, 0) is 35.7 Å². The summed E-state index contributed by atoms with van der Waals surface area (Å²) in [6.07, 6.45) is 0. The van der Waals surface area contributed by atoms with E-state index in [9.17, 15) is 4.79 Å². The number of carbonyl (C=O) groups excluding carboxylic acids is 1. The van der Waals surface area contributed by atoms with Gasteiger partial charge >= 0.3 is 5.97 Å². The molecule has 0 N–H and O–H groups in total. The molecule has 19 heavy (non-hydrogen) atoms. The van der Waals surface area contributed by atoms with E-state index in [-0.39, 0.29) is 5.97 Å². The Hall–Kier alpha value is -1.61. The fourth-order valence-electron chi connectivity index (χ4n) is 1.96. The summed E-state index contributed by atoms with van der Waals surface area (Å²) < 4.78 is 4.74. The van der Waals surface area contributed by atoms with Gasteiger partial charge in [0.15, 0.2) is 0 Å². The Morgan fingerprint density at radius 2 is 1.84 bits per heavy atom. The molecule has 0 atom stereocenters. The average molecular weight is 319 g/mol. The number of carbonyl (C=O) groups is 1. The summed E-state index contributed by atoms with van der Waals surface area (Å²) in [5.74, 6) is -0.308. The van der Waals surface area contributed by atoms with E-state index in [1.807, 2.05) is 12.1 Å². The third kappa shape index (κ3) is 3.04. The van der Waals surface area contributed by atoms with Gasteiger partial charge in [0.25, 0.3) is 0 Å². The number of ether oxygens (including phenoxy) is 1. The zero-order valence-electron chi connectivity index (χ0n) is 10.9. The van der Waals surface area contributed by atoms with Gasteiger partial charge in [0, 0.05) is 5.33 Å². The highest BCUT2D eigenvalue weighted by atomic mass is 79.9. The molecule has 0 unspecified atom stereocenters. The molecule has 0 radical (unpaired) electrons. The van der Waals surface area contributed by atoms with E-state index in [4.69, 9.17) is 4.74 Å². The Labute approximate surface area is 121 Å². The number of alkyl halides is 1. The fraction of sp³-hybridized carbons (Fsp3) is 0.188. The van der Waals surface area contributed by atoms with Crippen LogP contribution in [0.15, 0.2) is 42.5 Å². The molecule has 0 aliphatic rings. The van der Waals surface area contributed by atoms with Crippen LogP contribution < -0.4 is 0 Å². The first kappa shape index (κ1) is 13.8. The normalized spacial score (nSPS) is 10.3. The van der Waals surface area contributed by atoms with E-state index < -0.39 is 0 Å². The number of benzene rings is 2. The number of esters is 1. The second-order valence-electron chi connectivity index (χ2n) is 4.36. The molecule has 0 saturated heterocycles. The van der Waals surface area contributed by atoms with Crippen molar-refractivity contribution in [2.24, 2.45) is 0 Å². The highest BCUT2D eigenvalue weighted by Gasteiger charge is 2.10. The maximum absolute atomic E-state index is 11.5. The molecule has 0 saturated carbocycles. The van der Waals surface area contributed by atoms with E-state index in [0.29, 0.717) is 10.9 Å². The lowest BCUT2D eigenvalue weighted by atomic mass is 9.98. The molecule has 0 aliphatic carbocycles. The highest BCUT2D eigenvalue weighted by Crippen LogP contribution is 2.27. The first-order valence-electron chi connectivity index (χ1n) is 6.00. The lowest BCUT2D eigenvalue weighted by molar-refractivity contribution is 0.0600. The second-order valence-corrected chi connectivity index (χ2v) is 4.92. The number of rotatable bonds is 3. The van der Waals surface area contributed by atoms with Gasteiger partial charge in [-0.3, -0.25) is 0 Å². The summed E-state index contributed by atoms with van der Waals surface area (Å²) in [5, 5.41) is 0.695. The lowest BCUT2D eigenvalue weighted by Crippen LogP contribution is -2.02. The van der Waals surface area contributed by atoms with Gasteiger partial charge in [0.1, 0.15) is 0 Å². The van der Waals surface area contributed by atoms with Gasteiger partial charge in [0.2, 0.25) is 0 Å². The van der Waals surface area contributed by atoms with Crippen molar-refractivity contribution in [3.8, 4) is 11.1 Å². The van der Waals surface area contributed by atoms with Crippen LogP contribution in [-0.2, 0) is 10.1 Å².